The molecule has 0 fully saturated rings. The summed E-state index contributed by atoms with van der Waals surface area (Å²) < 4.78 is 1.000. The van der Waals surface area contributed by atoms with Gasteiger partial charge in [0.15, 0.2) is 0 Å². The average molecular weight is 287 g/mol. The van der Waals surface area contributed by atoms with Crippen molar-refractivity contribution < 1.29 is 5.11 Å². The third-order valence-electron chi connectivity index (χ3n) is 2.47. The van der Waals surface area contributed by atoms with Gasteiger partial charge in [0.25, 0.3) is 0 Å². The fourth-order valence-electron chi connectivity index (χ4n) is 1.68. The Kier molecular flexibility index (Phi) is 5.22. The van der Waals surface area contributed by atoms with Gasteiger partial charge >= 0.3 is 0 Å². The molecule has 1 heterocycles. The molecular formula is C12H19BrN2O. The lowest BCUT2D eigenvalue weighted by Crippen LogP contribution is -2.33. The molecule has 0 aliphatic heterocycles. The van der Waals surface area contributed by atoms with Crippen LogP contribution in [0.4, 0.5) is 5.82 Å². The number of anilines is 1. The van der Waals surface area contributed by atoms with Crippen molar-refractivity contribution in [3.63, 3.8) is 0 Å². The zero-order valence-corrected chi connectivity index (χ0v) is 11.7. The first-order chi connectivity index (χ1) is 7.56. The molecule has 0 saturated carbocycles. The average Bonchev–Trinajstić information content (AvgIpc) is 2.20. The lowest BCUT2D eigenvalue weighted by atomic mass is 10.2. The largest absolute Gasteiger partial charge is 0.396 e. The summed E-state index contributed by atoms with van der Waals surface area (Å²) >= 11 is 3.41. The van der Waals surface area contributed by atoms with Crippen molar-refractivity contribution >= 4 is 21.7 Å². The molecule has 0 atom stereocenters. The normalized spacial score (nSPS) is 10.9. The van der Waals surface area contributed by atoms with Crippen LogP contribution in [0.5, 0.6) is 0 Å². The van der Waals surface area contributed by atoms with Crippen molar-refractivity contribution in [2.45, 2.75) is 33.2 Å². The molecule has 1 aromatic heterocycles. The smallest absolute Gasteiger partial charge is 0.131 e. The van der Waals surface area contributed by atoms with Crippen LogP contribution in [0.2, 0.25) is 0 Å². The fourth-order valence-corrected chi connectivity index (χ4v) is 2.13. The predicted octanol–water partition coefficient (Wildman–Crippen LogP) is 2.75. The Labute approximate surface area is 106 Å². The summed E-state index contributed by atoms with van der Waals surface area (Å²) in [7, 11) is 0. The second-order valence-electron chi connectivity index (χ2n) is 4.16. The third-order valence-corrected chi connectivity index (χ3v) is 2.90. The molecular weight excluding hydrogens is 268 g/mol. The molecule has 1 rings (SSSR count). The van der Waals surface area contributed by atoms with Crippen LogP contribution in [0.25, 0.3) is 0 Å². The zero-order chi connectivity index (χ0) is 12.1. The molecule has 0 aromatic carbocycles. The van der Waals surface area contributed by atoms with Crippen molar-refractivity contribution in [3.05, 3.63) is 22.3 Å². The van der Waals surface area contributed by atoms with Gasteiger partial charge in [-0.25, -0.2) is 4.98 Å². The maximum Gasteiger partial charge on any atom is 0.131 e. The molecule has 1 aromatic rings. The molecule has 0 unspecified atom stereocenters. The van der Waals surface area contributed by atoms with Gasteiger partial charge in [0, 0.05) is 29.9 Å². The SMILES string of the molecule is Cc1cc(Br)cnc1N(CCCO)C(C)C. The molecule has 0 aliphatic carbocycles. The quantitative estimate of drug-likeness (QED) is 0.904. The van der Waals surface area contributed by atoms with Crippen molar-refractivity contribution in [3.8, 4) is 0 Å². The molecule has 0 bridgehead atoms. The molecule has 0 saturated heterocycles. The van der Waals surface area contributed by atoms with E-state index >= 15 is 0 Å². The number of hydrogen-bond donors (Lipinski definition) is 1. The van der Waals surface area contributed by atoms with Gasteiger partial charge in [-0.3, -0.25) is 0 Å². The number of halogens is 1. The summed E-state index contributed by atoms with van der Waals surface area (Å²) in [6, 6.07) is 2.45. The number of aliphatic hydroxyl groups excluding tert-OH is 1. The maximum absolute atomic E-state index is 8.90. The second-order valence-corrected chi connectivity index (χ2v) is 5.07. The van der Waals surface area contributed by atoms with Crippen LogP contribution >= 0.6 is 15.9 Å². The molecule has 3 nitrogen and oxygen atoms in total. The number of pyridine rings is 1. The first kappa shape index (κ1) is 13.5. The Morgan fingerprint density at radius 2 is 2.19 bits per heavy atom. The van der Waals surface area contributed by atoms with E-state index in [1.807, 2.05) is 6.20 Å². The third kappa shape index (κ3) is 3.46. The van der Waals surface area contributed by atoms with Gasteiger partial charge in [-0.1, -0.05) is 0 Å². The van der Waals surface area contributed by atoms with Crippen molar-refractivity contribution in [1.29, 1.82) is 0 Å². The van der Waals surface area contributed by atoms with Crippen LogP contribution in [-0.2, 0) is 0 Å². The van der Waals surface area contributed by atoms with E-state index in [1.54, 1.807) is 0 Å². The Bertz CT molecular complexity index is 342. The molecule has 4 heteroatoms. The first-order valence-corrected chi connectivity index (χ1v) is 6.35. The zero-order valence-electron chi connectivity index (χ0n) is 10.1. The minimum absolute atomic E-state index is 0.221. The van der Waals surface area contributed by atoms with E-state index in [0.717, 1.165) is 28.8 Å². The van der Waals surface area contributed by atoms with E-state index in [1.165, 1.54) is 0 Å². The second kappa shape index (κ2) is 6.21. The highest BCUT2D eigenvalue weighted by Gasteiger charge is 2.13. The van der Waals surface area contributed by atoms with Crippen molar-refractivity contribution in [2.24, 2.45) is 0 Å². The van der Waals surface area contributed by atoms with Gasteiger partial charge in [0.05, 0.1) is 0 Å². The van der Waals surface area contributed by atoms with Crippen LogP contribution in [0.3, 0.4) is 0 Å². The Morgan fingerprint density at radius 3 is 2.69 bits per heavy atom. The Hall–Kier alpha value is -0.610. The van der Waals surface area contributed by atoms with Gasteiger partial charge in [-0.2, -0.15) is 0 Å². The monoisotopic (exact) mass is 286 g/mol. The standard InChI is InChI=1S/C12H19BrN2O/c1-9(2)15(5-4-6-16)12-10(3)7-11(13)8-14-12/h7-9,16H,4-6H2,1-3H3. The lowest BCUT2D eigenvalue weighted by molar-refractivity contribution is 0.288. The summed E-state index contributed by atoms with van der Waals surface area (Å²) in [5, 5.41) is 8.90. The van der Waals surface area contributed by atoms with Gasteiger partial charge in [0.2, 0.25) is 0 Å². The van der Waals surface area contributed by atoms with Gasteiger partial charge in [-0.15, -0.1) is 0 Å². The summed E-state index contributed by atoms with van der Waals surface area (Å²) in [5.74, 6) is 1.01. The van der Waals surface area contributed by atoms with Crippen LogP contribution < -0.4 is 4.90 Å². The summed E-state index contributed by atoms with van der Waals surface area (Å²) in [4.78, 5) is 6.67. The van der Waals surface area contributed by atoms with Crippen molar-refractivity contribution in [1.82, 2.24) is 4.98 Å². The number of aryl methyl sites for hydroxylation is 1. The van der Waals surface area contributed by atoms with Gasteiger partial charge in [0.1, 0.15) is 5.82 Å². The van der Waals surface area contributed by atoms with Crippen LogP contribution in [0, 0.1) is 6.92 Å². The lowest BCUT2D eigenvalue weighted by Gasteiger charge is -2.29. The van der Waals surface area contributed by atoms with Crippen LogP contribution in [0.1, 0.15) is 25.8 Å². The minimum atomic E-state index is 0.221. The molecule has 1 N–H and O–H groups in total. The molecule has 0 spiro atoms. The molecule has 0 radical (unpaired) electrons. The number of aliphatic hydroxyl groups is 1. The summed E-state index contributed by atoms with van der Waals surface area (Å²) in [6.07, 6.45) is 2.59. The summed E-state index contributed by atoms with van der Waals surface area (Å²) in [5.41, 5.74) is 1.15. The topological polar surface area (TPSA) is 36.4 Å². The molecule has 0 aliphatic rings. The predicted molar refractivity (Wildman–Crippen MR) is 70.9 cm³/mol. The maximum atomic E-state index is 8.90. The van der Waals surface area contributed by atoms with E-state index in [-0.39, 0.29) is 6.61 Å². The highest BCUT2D eigenvalue weighted by Crippen LogP contribution is 2.22. The van der Waals surface area contributed by atoms with Crippen LogP contribution in [-0.4, -0.2) is 29.3 Å². The molecule has 0 amide bonds. The highest BCUT2D eigenvalue weighted by molar-refractivity contribution is 9.10. The van der Waals surface area contributed by atoms with Gasteiger partial charge < -0.3 is 10.0 Å². The number of aromatic nitrogens is 1. The number of nitrogens with zero attached hydrogens (tertiary/aromatic N) is 2. The van der Waals surface area contributed by atoms with E-state index in [9.17, 15) is 0 Å². The van der Waals surface area contributed by atoms with E-state index < -0.39 is 0 Å². The van der Waals surface area contributed by atoms with Gasteiger partial charge in [-0.05, 0) is 54.8 Å². The minimum Gasteiger partial charge on any atom is -0.396 e. The number of rotatable bonds is 5. The molecule has 90 valence electrons. The molecule has 16 heavy (non-hydrogen) atoms. The summed E-state index contributed by atoms with van der Waals surface area (Å²) in [6.45, 7) is 7.39. The Balaban J connectivity index is 2.92. The van der Waals surface area contributed by atoms with Crippen LogP contribution in [0.15, 0.2) is 16.7 Å². The van der Waals surface area contributed by atoms with E-state index in [4.69, 9.17) is 5.11 Å². The fraction of sp³-hybridized carbons (Fsp3) is 0.583. The van der Waals surface area contributed by atoms with E-state index in [2.05, 4.69) is 52.7 Å². The first-order valence-electron chi connectivity index (χ1n) is 5.56. The van der Waals surface area contributed by atoms with E-state index in [0.29, 0.717) is 6.04 Å². The van der Waals surface area contributed by atoms with Crippen molar-refractivity contribution in [2.75, 3.05) is 18.1 Å². The highest BCUT2D eigenvalue weighted by atomic mass is 79.9. The Morgan fingerprint density at radius 1 is 1.50 bits per heavy atom. The number of hydrogen-bond acceptors (Lipinski definition) is 3.